The normalized spacial score (nSPS) is 16.3. The predicted octanol–water partition coefficient (Wildman–Crippen LogP) is 1.12. The number of hydrogen-bond acceptors (Lipinski definition) is 29. The van der Waals surface area contributed by atoms with E-state index in [4.69, 9.17) is 16.2 Å². The number of likely N-dealkylation sites (tertiary alicyclic amines) is 2. The summed E-state index contributed by atoms with van der Waals surface area (Å²) >= 11 is 0. The van der Waals surface area contributed by atoms with Crippen LogP contribution in [0.15, 0.2) is 129 Å². The van der Waals surface area contributed by atoms with Crippen LogP contribution in [-0.2, 0) is 92.6 Å². The van der Waals surface area contributed by atoms with Crippen molar-refractivity contribution in [1.29, 1.82) is 0 Å². The van der Waals surface area contributed by atoms with E-state index in [1.165, 1.54) is 135 Å². The average molecular weight is 1890 g/mol. The Labute approximate surface area is 756 Å². The fraction of sp³-hybridized carbons (Fsp3) is 0.419. The minimum Gasteiger partial charge on any atom is -0.397 e. The lowest BCUT2D eigenvalue weighted by molar-refractivity contribution is -0.142. The van der Waals surface area contributed by atoms with Crippen molar-refractivity contribution in [2.24, 2.45) is 11.8 Å². The Kier molecular flexibility index (Phi) is 33.1. The molecular weight excluding hydrogens is 1790 g/mol. The molecule has 0 bridgehead atoms. The van der Waals surface area contributed by atoms with Crippen molar-refractivity contribution in [3.05, 3.63) is 154 Å². The van der Waals surface area contributed by atoms with Crippen LogP contribution in [-0.4, -0.2) is 260 Å². The molecule has 0 radical (unpaired) electrons. The highest BCUT2D eigenvalue weighted by atomic mass is 32.2. The molecule has 10 rings (SSSR count). The van der Waals surface area contributed by atoms with Crippen LogP contribution in [0, 0.1) is 11.8 Å². The van der Waals surface area contributed by atoms with Gasteiger partial charge in [0, 0.05) is 98.8 Å². The van der Waals surface area contributed by atoms with Gasteiger partial charge in [0.25, 0.3) is 20.2 Å². The van der Waals surface area contributed by atoms with E-state index in [1.54, 1.807) is 27.7 Å². The second-order valence-electron chi connectivity index (χ2n) is 32.5. The number of benzene rings is 6. The number of amides is 10. The first-order valence-electron chi connectivity index (χ1n) is 42.1. The van der Waals surface area contributed by atoms with E-state index in [0.29, 0.717) is 25.9 Å². The summed E-state index contributed by atoms with van der Waals surface area (Å²) < 4.78 is 131. The van der Waals surface area contributed by atoms with Gasteiger partial charge in [0.1, 0.15) is 58.1 Å². The number of carbonyl (C=O) groups is 14. The SMILES string of the molecule is CC(NC(=O)CCNCCOCCNCCC(=O)NC(C)C(=O)NC(C)C(=O)N1CCCC1C(=O)NC(C(=O)NCCS(=O)(=O)c1cccc(Nc2cc(S(=O)(=O)O)c(N)c3c2C(=O)c2ccccc2C3=O)c1)C(C)C)C(=O)NC(C)C(=O)N1CCCC1C(=O)NC(C(=O)NCCS(=O)(=O)c1cccc(Nc2cc(S(=O)(=O)O)c(N)c3c2C(=O)c2ccccc2C3=O)c1)C(C)C. The van der Waals surface area contributed by atoms with Gasteiger partial charge in [0.05, 0.1) is 79.5 Å². The van der Waals surface area contributed by atoms with Crippen LogP contribution >= 0.6 is 0 Å². The van der Waals surface area contributed by atoms with Crippen LogP contribution in [0.2, 0.25) is 0 Å². The zero-order valence-electron chi connectivity index (χ0n) is 72.9. The number of nitrogens with two attached hydrogens (primary N) is 2. The van der Waals surface area contributed by atoms with Crippen LogP contribution in [0.5, 0.6) is 0 Å². The van der Waals surface area contributed by atoms with Gasteiger partial charge in [-0.15, -0.1) is 0 Å². The van der Waals surface area contributed by atoms with Crippen LogP contribution in [0.1, 0.15) is 158 Å². The topological polar surface area (TPSA) is 628 Å². The summed E-state index contributed by atoms with van der Waals surface area (Å²) in [5.41, 5.74) is 8.67. The summed E-state index contributed by atoms with van der Waals surface area (Å²) in [4.78, 5) is 190. The van der Waals surface area contributed by atoms with E-state index in [-0.39, 0.29) is 131 Å². The first-order valence-corrected chi connectivity index (χ1v) is 48.3. The van der Waals surface area contributed by atoms with Crippen molar-refractivity contribution in [1.82, 2.24) is 63.0 Å². The molecule has 45 heteroatoms. The van der Waals surface area contributed by atoms with Crippen molar-refractivity contribution in [3.63, 3.8) is 0 Å². The highest BCUT2D eigenvalue weighted by Crippen LogP contribution is 2.43. The summed E-state index contributed by atoms with van der Waals surface area (Å²) in [7, 11) is -18.5. The first kappa shape index (κ1) is 101. The summed E-state index contributed by atoms with van der Waals surface area (Å²) in [6, 6.07) is 14.7. The van der Waals surface area contributed by atoms with Crippen LogP contribution in [0.3, 0.4) is 0 Å². The Morgan fingerprint density at radius 3 is 1.10 bits per heavy atom. The van der Waals surface area contributed by atoms with Gasteiger partial charge in [-0.05, 0) is 114 Å². The maximum Gasteiger partial charge on any atom is 0.296 e. The third kappa shape index (κ3) is 24.4. The summed E-state index contributed by atoms with van der Waals surface area (Å²) in [5.74, 6) is -11.7. The third-order valence-corrected chi connectivity index (χ3v) is 27.5. The Bertz CT molecular complexity index is 5660. The van der Waals surface area contributed by atoms with Crippen LogP contribution < -0.4 is 75.3 Å². The number of fused-ring (bicyclic) bond motifs is 4. The highest BCUT2D eigenvalue weighted by Gasteiger charge is 2.44. The molecule has 2 saturated heterocycles. The molecule has 704 valence electrons. The van der Waals surface area contributed by atoms with Gasteiger partial charge in [0.15, 0.2) is 42.8 Å². The number of nitrogens with one attached hydrogen (secondary N) is 12. The molecule has 2 heterocycles. The lowest BCUT2D eigenvalue weighted by atomic mass is 9.82. The fourth-order valence-corrected chi connectivity index (χ4v) is 19.1. The van der Waals surface area contributed by atoms with Gasteiger partial charge in [-0.25, -0.2) is 16.8 Å². The monoisotopic (exact) mass is 1890 g/mol. The fourth-order valence-electron chi connectivity index (χ4n) is 15.4. The van der Waals surface area contributed by atoms with E-state index in [2.05, 4.69) is 63.8 Å². The van der Waals surface area contributed by atoms with E-state index < -0.39 is 239 Å². The first-order chi connectivity index (χ1) is 61.7. The van der Waals surface area contributed by atoms with E-state index in [0.717, 1.165) is 12.1 Å². The van der Waals surface area contributed by atoms with Crippen LogP contribution in [0.25, 0.3) is 0 Å². The van der Waals surface area contributed by atoms with Crippen molar-refractivity contribution in [2.45, 2.75) is 162 Å². The van der Waals surface area contributed by atoms with Gasteiger partial charge in [-0.2, -0.15) is 16.8 Å². The third-order valence-electron chi connectivity index (χ3n) is 22.3. The Morgan fingerprint density at radius 1 is 0.420 bits per heavy atom. The van der Waals surface area contributed by atoms with Gasteiger partial charge in [-0.3, -0.25) is 76.2 Å². The van der Waals surface area contributed by atoms with Crippen molar-refractivity contribution < 1.29 is 115 Å². The van der Waals surface area contributed by atoms with Gasteiger partial charge in [-0.1, -0.05) is 88.4 Å². The van der Waals surface area contributed by atoms with Gasteiger partial charge < -0.3 is 89.8 Å². The highest BCUT2D eigenvalue weighted by molar-refractivity contribution is 7.91. The second-order valence-corrected chi connectivity index (χ2v) is 39.5. The minimum absolute atomic E-state index is 0.00232. The molecule has 10 amide bonds. The maximum absolute atomic E-state index is 13.9. The maximum atomic E-state index is 13.9. The molecule has 2 aliphatic carbocycles. The van der Waals surface area contributed by atoms with Gasteiger partial charge >= 0.3 is 0 Å². The molecule has 41 nitrogen and oxygen atoms in total. The zero-order valence-corrected chi connectivity index (χ0v) is 76.1. The smallest absolute Gasteiger partial charge is 0.296 e. The standard InChI is InChI=1S/C86H106N16O25S4/c1-45(2)73(83(113)91-33-39-128(117,118)53-19-13-17-51(41-53)97-59-43-63(130(121,122)123)71(87)69-67(59)75(105)55-21-9-11-23-57(55)77(69)107)99-81(111)61-25-15-35-101(61)85(115)49(7)95-79(109)47(5)93-65(103)27-29-89-31-37-127-38-32-90-30-28-66(104)94-48(6)80(110)96-50(8)86(116)102-36-16-26-62(102)82(112)100-74(46(3)4)84(114)92-34-40-129(119,120)54-20-14-18-52(42-54)98-60-44-64(131(124,125)126)72(88)70-68(60)76(106)56-22-10-12-24-58(56)78(70)108/h9-14,17-24,41-50,61-62,73-74,89-90,97-98H,15-16,25-40,87-88H2,1-8H3,(H,91,113)(H,92,114)(H,93,103)(H,94,104)(H,95,109)(H,96,110)(H,99,111)(H,100,112)(H,121,122,123)(H,124,125,126). The molecule has 0 saturated carbocycles. The van der Waals surface area contributed by atoms with Crippen molar-refractivity contribution >= 4 is 156 Å². The van der Waals surface area contributed by atoms with Crippen LogP contribution in [0.4, 0.5) is 34.1 Å². The van der Waals surface area contributed by atoms with E-state index in [1.807, 2.05) is 0 Å². The number of ether oxygens (including phenoxy) is 1. The number of nitrogen functional groups attached to an aromatic ring is 2. The number of anilines is 6. The largest absolute Gasteiger partial charge is 0.397 e. The quantitative estimate of drug-likeness (QED) is 0.0145. The molecule has 6 aromatic rings. The van der Waals surface area contributed by atoms with E-state index in [9.17, 15) is 110 Å². The zero-order chi connectivity index (χ0) is 96.1. The molecular formula is C86H106N16O25S4. The number of hydrogen-bond donors (Lipinski definition) is 16. The molecule has 18 N–H and O–H groups in total. The molecule has 8 unspecified atom stereocenters. The number of sulfone groups is 2. The number of nitrogens with zero attached hydrogens (tertiary/aromatic N) is 2. The molecule has 2 aliphatic heterocycles. The minimum atomic E-state index is -5.06. The predicted molar refractivity (Wildman–Crippen MR) is 477 cm³/mol. The second kappa shape index (κ2) is 43.0. The van der Waals surface area contributed by atoms with Gasteiger partial charge in [0.2, 0.25) is 59.1 Å². The summed E-state index contributed by atoms with van der Waals surface area (Å²) in [6.45, 7) is 13.3. The summed E-state index contributed by atoms with van der Waals surface area (Å²) in [6.07, 6.45) is 1.19. The molecule has 6 aromatic carbocycles. The Morgan fingerprint density at radius 2 is 0.763 bits per heavy atom. The van der Waals surface area contributed by atoms with E-state index >= 15 is 0 Å². The number of carbonyl (C=O) groups excluding carboxylic acids is 14. The molecule has 131 heavy (non-hydrogen) atoms. The lowest BCUT2D eigenvalue weighted by Gasteiger charge is -2.30. The van der Waals surface area contributed by atoms with Crippen molar-refractivity contribution in [3.8, 4) is 0 Å². The molecule has 8 atom stereocenters. The summed E-state index contributed by atoms with van der Waals surface area (Å²) in [5, 5.41) is 32.6. The Hall–Kier alpha value is -12.5. The lowest BCUT2D eigenvalue weighted by Crippen LogP contribution is -2.58. The average Bonchev–Trinajstić information content (AvgIpc) is 1.04. The molecule has 2 fully saturated rings. The number of rotatable bonds is 42. The molecule has 0 aromatic heterocycles. The Balaban J connectivity index is 0.568. The molecule has 4 aliphatic rings. The molecule has 0 spiro atoms. The van der Waals surface area contributed by atoms with Crippen molar-refractivity contribution in [2.75, 3.05) is 99.2 Å². The number of ketones is 4.